The third kappa shape index (κ3) is 3.79. The average molecular weight is 322 g/mol. The number of esters is 1. The Bertz CT molecular complexity index is 765. The number of nitrogens with zero attached hydrogens (tertiary/aromatic N) is 1. The molecule has 1 N–H and O–H groups in total. The van der Waals surface area contributed by atoms with Crippen LogP contribution in [0.4, 0.5) is 20.2 Å². The second kappa shape index (κ2) is 6.82. The van der Waals surface area contributed by atoms with Crippen molar-refractivity contribution in [3.8, 4) is 0 Å². The molecule has 0 saturated carbocycles. The molecule has 0 spiro atoms. The highest BCUT2D eigenvalue weighted by Gasteiger charge is 2.13. The number of rotatable bonds is 5. The van der Waals surface area contributed by atoms with Crippen LogP contribution < -0.4 is 5.32 Å². The molecule has 0 saturated heterocycles. The Morgan fingerprint density at radius 1 is 1.22 bits per heavy atom. The molecule has 0 amide bonds. The number of nitro groups is 1. The maximum absolute atomic E-state index is 13.7. The van der Waals surface area contributed by atoms with Gasteiger partial charge in [-0.05, 0) is 24.3 Å². The molecular formula is C15H12F2N2O4. The fourth-order valence-corrected chi connectivity index (χ4v) is 1.91. The lowest BCUT2D eigenvalue weighted by Gasteiger charge is -2.09. The first-order valence-corrected chi connectivity index (χ1v) is 6.47. The standard InChI is InChI=1S/C15H12F2N2O4/c1-23-15(20)9-2-4-12(16)10(6-9)8-18-14-5-3-11(19(21)22)7-13(14)17/h2-7,18H,8H2,1H3. The Kier molecular flexibility index (Phi) is 4.85. The van der Waals surface area contributed by atoms with Gasteiger partial charge in [0.2, 0.25) is 0 Å². The number of anilines is 1. The molecule has 0 unspecified atom stereocenters. The van der Waals surface area contributed by atoms with Gasteiger partial charge < -0.3 is 10.1 Å². The SMILES string of the molecule is COC(=O)c1ccc(F)c(CNc2ccc([N+](=O)[O-])cc2F)c1. The Morgan fingerprint density at radius 2 is 1.96 bits per heavy atom. The van der Waals surface area contributed by atoms with Crippen LogP contribution in [0.3, 0.4) is 0 Å². The van der Waals surface area contributed by atoms with Crippen LogP contribution in [-0.2, 0) is 11.3 Å². The summed E-state index contributed by atoms with van der Waals surface area (Å²) in [4.78, 5) is 21.2. The highest BCUT2D eigenvalue weighted by molar-refractivity contribution is 5.89. The summed E-state index contributed by atoms with van der Waals surface area (Å²) in [5, 5.41) is 13.2. The molecule has 0 aliphatic heterocycles. The van der Waals surface area contributed by atoms with Crippen LogP contribution in [0.5, 0.6) is 0 Å². The van der Waals surface area contributed by atoms with Gasteiger partial charge in [0.25, 0.3) is 5.69 Å². The van der Waals surface area contributed by atoms with E-state index in [1.54, 1.807) is 0 Å². The zero-order valence-electron chi connectivity index (χ0n) is 12.0. The summed E-state index contributed by atoms with van der Waals surface area (Å²) in [6.07, 6.45) is 0. The number of hydrogen-bond acceptors (Lipinski definition) is 5. The van der Waals surface area contributed by atoms with Crippen molar-refractivity contribution in [2.24, 2.45) is 0 Å². The van der Waals surface area contributed by atoms with Crippen molar-refractivity contribution in [3.63, 3.8) is 0 Å². The summed E-state index contributed by atoms with van der Waals surface area (Å²) in [5.41, 5.74) is -0.106. The van der Waals surface area contributed by atoms with E-state index in [9.17, 15) is 23.7 Å². The van der Waals surface area contributed by atoms with Crippen molar-refractivity contribution >= 4 is 17.3 Å². The minimum atomic E-state index is -0.830. The lowest BCUT2D eigenvalue weighted by Crippen LogP contribution is -2.07. The fraction of sp³-hybridized carbons (Fsp3) is 0.133. The molecule has 2 rings (SSSR count). The Labute approximate surface area is 129 Å². The molecular weight excluding hydrogens is 310 g/mol. The van der Waals surface area contributed by atoms with E-state index in [1.807, 2.05) is 0 Å². The first-order valence-electron chi connectivity index (χ1n) is 6.47. The molecule has 120 valence electrons. The summed E-state index contributed by atoms with van der Waals surface area (Å²) in [7, 11) is 1.20. The maximum Gasteiger partial charge on any atom is 0.337 e. The predicted octanol–water partition coefficient (Wildman–Crippen LogP) is 3.27. The van der Waals surface area contributed by atoms with E-state index in [2.05, 4.69) is 10.1 Å². The number of non-ortho nitro benzene ring substituents is 1. The van der Waals surface area contributed by atoms with E-state index in [-0.39, 0.29) is 29.0 Å². The average Bonchev–Trinajstić information content (AvgIpc) is 2.54. The van der Waals surface area contributed by atoms with Crippen molar-refractivity contribution in [2.45, 2.75) is 6.54 Å². The van der Waals surface area contributed by atoms with Crippen LogP contribution in [0.15, 0.2) is 36.4 Å². The molecule has 0 aliphatic rings. The lowest BCUT2D eigenvalue weighted by atomic mass is 10.1. The number of ether oxygens (including phenoxy) is 1. The summed E-state index contributed by atoms with van der Waals surface area (Å²) in [6.45, 7) is -0.106. The topological polar surface area (TPSA) is 81.5 Å². The van der Waals surface area contributed by atoms with Gasteiger partial charge in [-0.1, -0.05) is 0 Å². The molecule has 0 heterocycles. The van der Waals surface area contributed by atoms with Crippen molar-refractivity contribution in [1.82, 2.24) is 0 Å². The van der Waals surface area contributed by atoms with E-state index in [4.69, 9.17) is 0 Å². The highest BCUT2D eigenvalue weighted by Crippen LogP contribution is 2.21. The minimum Gasteiger partial charge on any atom is -0.465 e. The van der Waals surface area contributed by atoms with Gasteiger partial charge in [0, 0.05) is 18.2 Å². The van der Waals surface area contributed by atoms with E-state index >= 15 is 0 Å². The molecule has 0 aliphatic carbocycles. The molecule has 8 heteroatoms. The fourth-order valence-electron chi connectivity index (χ4n) is 1.91. The predicted molar refractivity (Wildman–Crippen MR) is 78.1 cm³/mol. The normalized spacial score (nSPS) is 10.2. The molecule has 0 radical (unpaired) electrons. The first kappa shape index (κ1) is 16.3. The molecule has 2 aromatic carbocycles. The Hall–Kier alpha value is -3.03. The number of nitrogens with one attached hydrogen (secondary N) is 1. The van der Waals surface area contributed by atoms with Gasteiger partial charge in [-0.2, -0.15) is 0 Å². The first-order chi connectivity index (χ1) is 10.9. The van der Waals surface area contributed by atoms with E-state index in [1.165, 1.54) is 25.3 Å². The molecule has 6 nitrogen and oxygen atoms in total. The molecule has 0 atom stereocenters. The number of carbonyl (C=O) groups is 1. The second-order valence-electron chi connectivity index (χ2n) is 4.57. The van der Waals surface area contributed by atoms with Crippen LogP contribution in [-0.4, -0.2) is 18.0 Å². The van der Waals surface area contributed by atoms with E-state index in [0.29, 0.717) is 0 Å². The van der Waals surface area contributed by atoms with Crippen molar-refractivity contribution < 1.29 is 23.2 Å². The molecule has 0 aromatic heterocycles. The van der Waals surface area contributed by atoms with Crippen LogP contribution in [0.1, 0.15) is 15.9 Å². The van der Waals surface area contributed by atoms with Gasteiger partial charge in [-0.25, -0.2) is 13.6 Å². The second-order valence-corrected chi connectivity index (χ2v) is 4.57. The maximum atomic E-state index is 13.7. The minimum absolute atomic E-state index is 0.0153. The summed E-state index contributed by atoms with van der Waals surface area (Å²) >= 11 is 0. The zero-order chi connectivity index (χ0) is 17.0. The van der Waals surface area contributed by atoms with Crippen LogP contribution >= 0.6 is 0 Å². The Morgan fingerprint density at radius 3 is 2.57 bits per heavy atom. The van der Waals surface area contributed by atoms with Crippen molar-refractivity contribution in [1.29, 1.82) is 0 Å². The third-order valence-electron chi connectivity index (χ3n) is 3.10. The van der Waals surface area contributed by atoms with Crippen LogP contribution in [0, 0.1) is 21.7 Å². The number of benzene rings is 2. The Balaban J connectivity index is 2.17. The van der Waals surface area contributed by atoms with Gasteiger partial charge in [0.1, 0.15) is 5.82 Å². The van der Waals surface area contributed by atoms with Gasteiger partial charge in [0.15, 0.2) is 5.82 Å². The summed E-state index contributed by atoms with van der Waals surface area (Å²) < 4.78 is 32.0. The number of carbonyl (C=O) groups excluding carboxylic acids is 1. The van der Waals surface area contributed by atoms with E-state index < -0.39 is 22.5 Å². The summed E-state index contributed by atoms with van der Waals surface area (Å²) in [6, 6.07) is 6.76. The monoisotopic (exact) mass is 322 g/mol. The summed E-state index contributed by atoms with van der Waals surface area (Å²) in [5.74, 6) is -2.02. The van der Waals surface area contributed by atoms with Crippen molar-refractivity contribution in [3.05, 3.63) is 69.3 Å². The van der Waals surface area contributed by atoms with Gasteiger partial charge in [0.05, 0.1) is 29.4 Å². The lowest BCUT2D eigenvalue weighted by molar-refractivity contribution is -0.385. The number of nitro benzene ring substituents is 1. The van der Waals surface area contributed by atoms with Crippen molar-refractivity contribution in [2.75, 3.05) is 12.4 Å². The van der Waals surface area contributed by atoms with E-state index in [0.717, 1.165) is 18.2 Å². The van der Waals surface area contributed by atoms with Gasteiger partial charge in [-0.3, -0.25) is 10.1 Å². The highest BCUT2D eigenvalue weighted by atomic mass is 19.1. The van der Waals surface area contributed by atoms with Crippen LogP contribution in [0.25, 0.3) is 0 Å². The third-order valence-corrected chi connectivity index (χ3v) is 3.10. The quantitative estimate of drug-likeness (QED) is 0.519. The van der Waals surface area contributed by atoms with Gasteiger partial charge >= 0.3 is 5.97 Å². The molecule has 23 heavy (non-hydrogen) atoms. The zero-order valence-corrected chi connectivity index (χ0v) is 12.0. The molecule has 0 fully saturated rings. The van der Waals surface area contributed by atoms with Gasteiger partial charge in [-0.15, -0.1) is 0 Å². The molecule has 2 aromatic rings. The van der Waals surface area contributed by atoms with Crippen LogP contribution in [0.2, 0.25) is 0 Å². The number of halogens is 2. The largest absolute Gasteiger partial charge is 0.465 e. The number of methoxy groups -OCH3 is 1. The number of hydrogen-bond donors (Lipinski definition) is 1. The smallest absolute Gasteiger partial charge is 0.337 e. The molecule has 0 bridgehead atoms.